The van der Waals surface area contributed by atoms with E-state index in [1.165, 1.54) is 18.2 Å². The predicted octanol–water partition coefficient (Wildman–Crippen LogP) is 11.1. The van der Waals surface area contributed by atoms with E-state index in [1.54, 1.807) is 7.11 Å². The van der Waals surface area contributed by atoms with Crippen LogP contribution in [0.1, 0.15) is 124 Å². The average molecular weight is 647 g/mol. The van der Waals surface area contributed by atoms with Crippen molar-refractivity contribution in [2.45, 2.75) is 109 Å². The van der Waals surface area contributed by atoms with Crippen molar-refractivity contribution in [3.63, 3.8) is 0 Å². The van der Waals surface area contributed by atoms with Crippen molar-refractivity contribution in [1.82, 2.24) is 0 Å². The Morgan fingerprint density at radius 1 is 0.652 bits per heavy atom. The molecular formula is C38H44F6O2. The lowest BCUT2D eigenvalue weighted by atomic mass is 9.70. The standard InChI is InChI=1S/C38H44F6O2/c1-11-21-14-26-28(17-30(21)45-9)36(19-34(26,5)6)20-35(7,8)27-16-25(31(46-10)18-29(27)36)32(33(2,3)4)22-12-23(37(39,40)41)15-24(13-22)38(42,43)44/h12-18,32H,11,19-20H2,1-10H3. The molecule has 0 saturated carbocycles. The number of rotatable bonds is 5. The van der Waals surface area contributed by atoms with Gasteiger partial charge in [0.2, 0.25) is 0 Å². The molecule has 0 N–H and O–H groups in total. The van der Waals surface area contributed by atoms with Gasteiger partial charge in [0, 0.05) is 16.9 Å². The summed E-state index contributed by atoms with van der Waals surface area (Å²) in [6, 6.07) is 10.3. The molecule has 46 heavy (non-hydrogen) atoms. The zero-order chi connectivity index (χ0) is 34.4. The number of aryl methyl sites for hydroxylation is 1. The molecule has 2 nitrogen and oxygen atoms in total. The van der Waals surface area contributed by atoms with E-state index < -0.39 is 34.8 Å². The maximum absolute atomic E-state index is 14.0. The van der Waals surface area contributed by atoms with E-state index >= 15 is 0 Å². The number of fused-ring (bicyclic) bond motifs is 4. The van der Waals surface area contributed by atoms with E-state index in [0.29, 0.717) is 11.3 Å². The Balaban J connectivity index is 1.80. The predicted molar refractivity (Wildman–Crippen MR) is 169 cm³/mol. The summed E-state index contributed by atoms with van der Waals surface area (Å²) in [7, 11) is 3.19. The summed E-state index contributed by atoms with van der Waals surface area (Å²) in [6.45, 7) is 16.4. The molecule has 250 valence electrons. The smallest absolute Gasteiger partial charge is 0.416 e. The van der Waals surface area contributed by atoms with Crippen molar-refractivity contribution < 1.29 is 35.8 Å². The number of hydrogen-bond acceptors (Lipinski definition) is 2. The van der Waals surface area contributed by atoms with Crippen LogP contribution in [0.4, 0.5) is 26.3 Å². The molecule has 8 heteroatoms. The molecule has 0 heterocycles. The molecule has 1 spiro atoms. The Labute approximate surface area is 268 Å². The Hall–Kier alpha value is -3.16. The third-order valence-electron chi connectivity index (χ3n) is 10.3. The number of hydrogen-bond donors (Lipinski definition) is 0. The van der Waals surface area contributed by atoms with Crippen LogP contribution in [0.15, 0.2) is 42.5 Å². The molecule has 0 aliphatic heterocycles. The van der Waals surface area contributed by atoms with Crippen molar-refractivity contribution in [1.29, 1.82) is 0 Å². The Morgan fingerprint density at radius 2 is 1.11 bits per heavy atom. The van der Waals surface area contributed by atoms with Gasteiger partial charge in [-0.15, -0.1) is 0 Å². The first-order valence-electron chi connectivity index (χ1n) is 15.7. The second-order valence-corrected chi connectivity index (χ2v) is 15.5. The summed E-state index contributed by atoms with van der Waals surface area (Å²) in [4.78, 5) is 0. The van der Waals surface area contributed by atoms with E-state index in [9.17, 15) is 26.3 Å². The lowest BCUT2D eigenvalue weighted by Crippen LogP contribution is -2.27. The summed E-state index contributed by atoms with van der Waals surface area (Å²) in [5, 5.41) is 0. The van der Waals surface area contributed by atoms with Crippen LogP contribution in [-0.2, 0) is 35.0 Å². The highest BCUT2D eigenvalue weighted by atomic mass is 19.4. The number of benzene rings is 3. The minimum absolute atomic E-state index is 0.0532. The van der Waals surface area contributed by atoms with Crippen LogP contribution in [0.3, 0.4) is 0 Å². The Bertz CT molecular complexity index is 1640. The quantitative estimate of drug-likeness (QED) is 0.257. The third kappa shape index (κ3) is 5.47. The molecule has 0 saturated heterocycles. The first kappa shape index (κ1) is 34.2. The molecule has 0 aromatic heterocycles. The summed E-state index contributed by atoms with van der Waals surface area (Å²) >= 11 is 0. The van der Waals surface area contributed by atoms with Gasteiger partial charge in [-0.05, 0) is 99.2 Å². The van der Waals surface area contributed by atoms with Crippen LogP contribution in [0.5, 0.6) is 11.5 Å². The molecule has 2 aliphatic rings. The topological polar surface area (TPSA) is 18.5 Å². The molecule has 3 aromatic carbocycles. The van der Waals surface area contributed by atoms with E-state index in [1.807, 2.05) is 32.9 Å². The van der Waals surface area contributed by atoms with Gasteiger partial charge in [0.05, 0.1) is 25.3 Å². The van der Waals surface area contributed by atoms with Gasteiger partial charge < -0.3 is 9.47 Å². The highest BCUT2D eigenvalue weighted by Crippen LogP contribution is 2.64. The molecule has 0 radical (unpaired) electrons. The van der Waals surface area contributed by atoms with Crippen molar-refractivity contribution in [2.75, 3.05) is 14.2 Å². The summed E-state index contributed by atoms with van der Waals surface area (Å²) in [6.07, 6.45) is -7.43. The van der Waals surface area contributed by atoms with Crippen LogP contribution in [0.25, 0.3) is 0 Å². The van der Waals surface area contributed by atoms with Crippen molar-refractivity contribution >= 4 is 0 Å². The fourth-order valence-electron chi connectivity index (χ4n) is 8.58. The number of halogens is 6. The van der Waals surface area contributed by atoms with Gasteiger partial charge in [-0.25, -0.2) is 0 Å². The minimum atomic E-state index is -4.95. The number of ether oxygens (including phenoxy) is 2. The molecule has 5 rings (SSSR count). The Morgan fingerprint density at radius 3 is 1.52 bits per heavy atom. The van der Waals surface area contributed by atoms with Gasteiger partial charge in [0.15, 0.2) is 0 Å². The van der Waals surface area contributed by atoms with E-state index in [-0.39, 0.29) is 27.9 Å². The number of methoxy groups -OCH3 is 2. The molecule has 3 aromatic rings. The van der Waals surface area contributed by atoms with Crippen LogP contribution >= 0.6 is 0 Å². The summed E-state index contributed by atoms with van der Waals surface area (Å²) in [5.74, 6) is 0.458. The lowest BCUT2D eigenvalue weighted by molar-refractivity contribution is -0.143. The fraction of sp³-hybridized carbons (Fsp3) is 0.526. The van der Waals surface area contributed by atoms with Crippen molar-refractivity contribution in [3.8, 4) is 11.5 Å². The van der Waals surface area contributed by atoms with Gasteiger partial charge >= 0.3 is 12.4 Å². The van der Waals surface area contributed by atoms with Crippen LogP contribution in [0.2, 0.25) is 0 Å². The molecule has 2 atom stereocenters. The maximum atomic E-state index is 14.0. The molecule has 0 fully saturated rings. The highest BCUT2D eigenvalue weighted by molar-refractivity contribution is 5.65. The van der Waals surface area contributed by atoms with Crippen molar-refractivity contribution in [2.24, 2.45) is 5.41 Å². The monoisotopic (exact) mass is 646 g/mol. The van der Waals surface area contributed by atoms with E-state index in [4.69, 9.17) is 9.47 Å². The average Bonchev–Trinajstić information content (AvgIpc) is 3.28. The van der Waals surface area contributed by atoms with Gasteiger partial charge in [-0.1, -0.05) is 67.5 Å². The van der Waals surface area contributed by atoms with Crippen LogP contribution in [0, 0.1) is 5.41 Å². The first-order chi connectivity index (χ1) is 21.0. The fourth-order valence-corrected chi connectivity index (χ4v) is 8.58. The van der Waals surface area contributed by atoms with Crippen LogP contribution < -0.4 is 9.47 Å². The SMILES string of the molecule is CCc1cc2c(cc1OC)C1(CC2(C)C)CC(C)(C)c2cc(C(c3cc(C(F)(F)F)cc(C(F)(F)F)c3)C(C)(C)C)c(OC)cc21. The summed E-state index contributed by atoms with van der Waals surface area (Å²) < 4.78 is 95.7. The second kappa shape index (κ2) is 10.7. The molecule has 0 amide bonds. The normalized spacial score (nSPS) is 20.9. The zero-order valence-electron chi connectivity index (χ0n) is 28.3. The molecular weight excluding hydrogens is 602 g/mol. The van der Waals surface area contributed by atoms with Crippen molar-refractivity contribution in [3.05, 3.63) is 92.5 Å². The molecule has 0 bridgehead atoms. The highest BCUT2D eigenvalue weighted by Gasteiger charge is 2.57. The van der Waals surface area contributed by atoms with Gasteiger partial charge in [0.25, 0.3) is 0 Å². The molecule has 2 unspecified atom stereocenters. The number of alkyl halides is 6. The molecule has 2 aliphatic carbocycles. The van der Waals surface area contributed by atoms with E-state index in [0.717, 1.165) is 53.8 Å². The minimum Gasteiger partial charge on any atom is -0.496 e. The summed E-state index contributed by atoms with van der Waals surface area (Å²) in [5.41, 5.74) is 1.98. The van der Waals surface area contributed by atoms with Gasteiger partial charge in [-0.2, -0.15) is 26.3 Å². The zero-order valence-corrected chi connectivity index (χ0v) is 28.3. The van der Waals surface area contributed by atoms with Gasteiger partial charge in [-0.3, -0.25) is 0 Å². The lowest BCUT2D eigenvalue weighted by Gasteiger charge is -2.35. The second-order valence-electron chi connectivity index (χ2n) is 15.5. The maximum Gasteiger partial charge on any atom is 0.416 e. The first-order valence-corrected chi connectivity index (χ1v) is 15.7. The van der Waals surface area contributed by atoms with Gasteiger partial charge in [0.1, 0.15) is 11.5 Å². The third-order valence-corrected chi connectivity index (χ3v) is 10.3. The van der Waals surface area contributed by atoms with Crippen LogP contribution in [-0.4, -0.2) is 14.2 Å². The van der Waals surface area contributed by atoms with E-state index in [2.05, 4.69) is 46.8 Å². The Kier molecular flexibility index (Phi) is 7.94. The largest absolute Gasteiger partial charge is 0.496 e.